The molecular formula is C15H21NO4. The van der Waals surface area contributed by atoms with Gasteiger partial charge in [0.05, 0.1) is 13.5 Å². The highest BCUT2D eigenvalue weighted by Gasteiger charge is 2.20. The van der Waals surface area contributed by atoms with Gasteiger partial charge in [0, 0.05) is 6.54 Å². The van der Waals surface area contributed by atoms with E-state index in [0.717, 1.165) is 31.5 Å². The number of piperidine rings is 1. The van der Waals surface area contributed by atoms with E-state index in [9.17, 15) is 4.79 Å². The second-order valence-corrected chi connectivity index (χ2v) is 5.20. The molecule has 1 saturated heterocycles. The predicted molar refractivity (Wildman–Crippen MR) is 75.5 cm³/mol. The van der Waals surface area contributed by atoms with E-state index in [0.29, 0.717) is 11.5 Å². The molecule has 2 rings (SSSR count). The number of likely N-dealkylation sites (tertiary alicyclic amines) is 1. The molecule has 5 nitrogen and oxygen atoms in total. The molecule has 0 radical (unpaired) electrons. The molecule has 1 atom stereocenters. The number of methoxy groups -OCH3 is 1. The van der Waals surface area contributed by atoms with Crippen molar-refractivity contribution in [1.82, 2.24) is 4.90 Å². The monoisotopic (exact) mass is 279 g/mol. The van der Waals surface area contributed by atoms with Gasteiger partial charge in [-0.05, 0) is 44.1 Å². The molecule has 0 bridgehead atoms. The van der Waals surface area contributed by atoms with Crippen molar-refractivity contribution in [2.45, 2.75) is 25.4 Å². The van der Waals surface area contributed by atoms with Crippen LogP contribution in [0.15, 0.2) is 18.2 Å². The zero-order chi connectivity index (χ0) is 14.5. The van der Waals surface area contributed by atoms with Crippen molar-refractivity contribution in [2.24, 2.45) is 0 Å². The van der Waals surface area contributed by atoms with Crippen molar-refractivity contribution in [1.29, 1.82) is 0 Å². The summed E-state index contributed by atoms with van der Waals surface area (Å²) in [5.41, 5.74) is 0.720. The summed E-state index contributed by atoms with van der Waals surface area (Å²) in [4.78, 5) is 13.0. The van der Waals surface area contributed by atoms with Crippen LogP contribution >= 0.6 is 0 Å². The molecule has 0 aliphatic carbocycles. The summed E-state index contributed by atoms with van der Waals surface area (Å²) in [5.74, 6) is 0.428. The Hall–Kier alpha value is -1.75. The van der Waals surface area contributed by atoms with Crippen LogP contribution in [0.5, 0.6) is 11.5 Å². The molecule has 1 aliphatic heterocycles. The third-order valence-corrected chi connectivity index (χ3v) is 3.46. The molecule has 1 fully saturated rings. The van der Waals surface area contributed by atoms with Crippen LogP contribution in [0.1, 0.15) is 18.4 Å². The molecule has 1 N–H and O–H groups in total. The van der Waals surface area contributed by atoms with Crippen LogP contribution in [0.2, 0.25) is 0 Å². The minimum atomic E-state index is -0.849. The third-order valence-electron chi connectivity index (χ3n) is 3.46. The number of rotatable bonds is 5. The molecule has 1 aliphatic rings. The first kappa shape index (κ1) is 14.7. The Labute approximate surface area is 119 Å². The summed E-state index contributed by atoms with van der Waals surface area (Å²) >= 11 is 0. The largest absolute Gasteiger partial charge is 0.493 e. The number of carboxylic acid groups (broad SMARTS) is 1. The highest BCUT2D eigenvalue weighted by Crippen LogP contribution is 2.30. The summed E-state index contributed by atoms with van der Waals surface area (Å²) in [5, 5.41) is 8.86. The molecule has 1 aromatic rings. The van der Waals surface area contributed by atoms with E-state index < -0.39 is 5.97 Å². The van der Waals surface area contributed by atoms with Crippen molar-refractivity contribution in [2.75, 3.05) is 27.2 Å². The molecule has 0 saturated carbocycles. The predicted octanol–water partition coefficient (Wildman–Crippen LogP) is 1.80. The van der Waals surface area contributed by atoms with Crippen LogP contribution in [0.25, 0.3) is 0 Å². The van der Waals surface area contributed by atoms with Crippen LogP contribution in [-0.2, 0) is 11.2 Å². The summed E-state index contributed by atoms with van der Waals surface area (Å²) < 4.78 is 11.3. The second-order valence-electron chi connectivity index (χ2n) is 5.20. The van der Waals surface area contributed by atoms with Crippen LogP contribution in [-0.4, -0.2) is 49.3 Å². The van der Waals surface area contributed by atoms with Gasteiger partial charge in [0.25, 0.3) is 0 Å². The van der Waals surface area contributed by atoms with E-state index in [1.807, 2.05) is 0 Å². The molecule has 1 unspecified atom stereocenters. The maximum absolute atomic E-state index is 10.8. The molecule has 20 heavy (non-hydrogen) atoms. The minimum Gasteiger partial charge on any atom is -0.493 e. The summed E-state index contributed by atoms with van der Waals surface area (Å²) in [6, 6.07) is 5.29. The number of ether oxygens (including phenoxy) is 2. The van der Waals surface area contributed by atoms with Gasteiger partial charge in [-0.3, -0.25) is 4.79 Å². The van der Waals surface area contributed by atoms with Gasteiger partial charge in [-0.15, -0.1) is 0 Å². The maximum Gasteiger partial charge on any atom is 0.307 e. The van der Waals surface area contributed by atoms with Gasteiger partial charge in [-0.2, -0.15) is 0 Å². The zero-order valence-corrected chi connectivity index (χ0v) is 12.0. The van der Waals surface area contributed by atoms with Crippen LogP contribution in [0.4, 0.5) is 0 Å². The topological polar surface area (TPSA) is 59.0 Å². The lowest BCUT2D eigenvalue weighted by atomic mass is 10.1. The first-order chi connectivity index (χ1) is 9.58. The van der Waals surface area contributed by atoms with Crippen LogP contribution in [0, 0.1) is 0 Å². The van der Waals surface area contributed by atoms with E-state index in [4.69, 9.17) is 14.6 Å². The summed E-state index contributed by atoms with van der Waals surface area (Å²) in [7, 11) is 3.67. The zero-order valence-electron chi connectivity index (χ0n) is 12.0. The molecule has 0 aromatic heterocycles. The number of aliphatic carboxylic acids is 1. The number of nitrogens with zero attached hydrogens (tertiary/aromatic N) is 1. The van der Waals surface area contributed by atoms with E-state index in [1.165, 1.54) is 0 Å². The quantitative estimate of drug-likeness (QED) is 0.890. The maximum atomic E-state index is 10.8. The van der Waals surface area contributed by atoms with Crippen molar-refractivity contribution in [3.63, 3.8) is 0 Å². The standard InChI is InChI=1S/C15H21NO4/c1-16-7-3-4-12(10-16)20-14-8-11(9-15(17)18)5-6-13(14)19-2/h5-6,8,12H,3-4,7,9-10H2,1-2H3,(H,17,18). The van der Waals surface area contributed by atoms with Gasteiger partial charge in [-0.1, -0.05) is 6.07 Å². The Morgan fingerprint density at radius 3 is 2.90 bits per heavy atom. The van der Waals surface area contributed by atoms with Gasteiger partial charge in [0.1, 0.15) is 6.10 Å². The highest BCUT2D eigenvalue weighted by atomic mass is 16.5. The van der Waals surface area contributed by atoms with Crippen molar-refractivity contribution in [3.05, 3.63) is 23.8 Å². The Morgan fingerprint density at radius 1 is 1.45 bits per heavy atom. The van der Waals surface area contributed by atoms with Gasteiger partial charge in [0.15, 0.2) is 11.5 Å². The van der Waals surface area contributed by atoms with Gasteiger partial charge >= 0.3 is 5.97 Å². The lowest BCUT2D eigenvalue weighted by molar-refractivity contribution is -0.136. The van der Waals surface area contributed by atoms with Gasteiger partial charge in [0.2, 0.25) is 0 Å². The number of likely N-dealkylation sites (N-methyl/N-ethyl adjacent to an activating group) is 1. The van der Waals surface area contributed by atoms with Crippen molar-refractivity contribution < 1.29 is 19.4 Å². The average Bonchev–Trinajstić information content (AvgIpc) is 2.38. The van der Waals surface area contributed by atoms with Gasteiger partial charge in [-0.25, -0.2) is 0 Å². The number of carbonyl (C=O) groups is 1. The van der Waals surface area contributed by atoms with Crippen LogP contribution in [0.3, 0.4) is 0 Å². The number of hydrogen-bond acceptors (Lipinski definition) is 4. The number of hydrogen-bond donors (Lipinski definition) is 1. The Balaban J connectivity index is 2.13. The molecule has 110 valence electrons. The Bertz CT molecular complexity index is 475. The molecule has 5 heteroatoms. The van der Waals surface area contributed by atoms with Crippen molar-refractivity contribution >= 4 is 5.97 Å². The fourth-order valence-corrected chi connectivity index (χ4v) is 2.49. The van der Waals surface area contributed by atoms with Crippen molar-refractivity contribution in [3.8, 4) is 11.5 Å². The Morgan fingerprint density at radius 2 is 2.25 bits per heavy atom. The first-order valence-corrected chi connectivity index (χ1v) is 6.82. The second kappa shape index (κ2) is 6.61. The summed E-state index contributed by atoms with van der Waals surface area (Å²) in [6.07, 6.45) is 2.24. The highest BCUT2D eigenvalue weighted by molar-refractivity contribution is 5.70. The molecule has 0 spiro atoms. The molecule has 1 aromatic carbocycles. The lowest BCUT2D eigenvalue weighted by Crippen LogP contribution is -2.38. The molecule has 1 heterocycles. The third kappa shape index (κ3) is 3.87. The lowest BCUT2D eigenvalue weighted by Gasteiger charge is -2.30. The first-order valence-electron chi connectivity index (χ1n) is 6.82. The van der Waals surface area contributed by atoms with E-state index in [2.05, 4.69) is 11.9 Å². The average molecular weight is 279 g/mol. The SMILES string of the molecule is COc1ccc(CC(=O)O)cc1OC1CCCN(C)C1. The molecule has 0 amide bonds. The minimum absolute atomic E-state index is 0.00900. The van der Waals surface area contributed by atoms with E-state index in [1.54, 1.807) is 25.3 Å². The fourth-order valence-electron chi connectivity index (χ4n) is 2.49. The number of benzene rings is 1. The van der Waals surface area contributed by atoms with Gasteiger partial charge < -0.3 is 19.5 Å². The van der Waals surface area contributed by atoms with E-state index in [-0.39, 0.29) is 12.5 Å². The summed E-state index contributed by atoms with van der Waals surface area (Å²) in [6.45, 7) is 1.97. The van der Waals surface area contributed by atoms with E-state index >= 15 is 0 Å². The number of carboxylic acids is 1. The smallest absolute Gasteiger partial charge is 0.307 e. The Kier molecular flexibility index (Phi) is 4.84. The normalized spacial score (nSPS) is 19.6. The fraction of sp³-hybridized carbons (Fsp3) is 0.533. The molecular weight excluding hydrogens is 258 g/mol. The van der Waals surface area contributed by atoms with Crippen LogP contribution < -0.4 is 9.47 Å².